The van der Waals surface area contributed by atoms with E-state index in [1.165, 1.54) is 24.8 Å². The van der Waals surface area contributed by atoms with E-state index in [0.717, 1.165) is 30.2 Å². The number of alkyl halides is 1. The molecule has 0 heterocycles. The number of aryl methyl sites for hydroxylation is 1. The molecular formula is C14H21ClO2. The van der Waals surface area contributed by atoms with Gasteiger partial charge >= 0.3 is 0 Å². The predicted molar refractivity (Wildman–Crippen MR) is 72.4 cm³/mol. The van der Waals surface area contributed by atoms with Crippen LogP contribution in [-0.4, -0.2) is 20.1 Å². The molecule has 0 saturated heterocycles. The molecule has 0 N–H and O–H groups in total. The normalized spacial score (nSPS) is 10.3. The molecule has 3 heteroatoms. The molecule has 0 unspecified atom stereocenters. The van der Waals surface area contributed by atoms with Crippen molar-refractivity contribution in [2.45, 2.75) is 32.1 Å². The van der Waals surface area contributed by atoms with Gasteiger partial charge in [-0.3, -0.25) is 0 Å². The minimum atomic E-state index is 0.771. The van der Waals surface area contributed by atoms with Gasteiger partial charge < -0.3 is 9.47 Å². The Kier molecular flexibility index (Phi) is 6.87. The van der Waals surface area contributed by atoms with Crippen molar-refractivity contribution in [1.82, 2.24) is 0 Å². The quantitative estimate of drug-likeness (QED) is 0.516. The lowest BCUT2D eigenvalue weighted by molar-refractivity contribution is 0.393. The predicted octanol–water partition coefficient (Wildman–Crippen LogP) is 4.05. The minimum Gasteiger partial charge on any atom is -0.497 e. The lowest BCUT2D eigenvalue weighted by Crippen LogP contribution is -1.92. The molecule has 0 aliphatic rings. The van der Waals surface area contributed by atoms with Gasteiger partial charge in [0.05, 0.1) is 14.2 Å². The summed E-state index contributed by atoms with van der Waals surface area (Å²) in [5.74, 6) is 2.49. The second kappa shape index (κ2) is 8.24. The van der Waals surface area contributed by atoms with Crippen molar-refractivity contribution in [3.63, 3.8) is 0 Å². The molecule has 0 spiro atoms. The third-order valence-corrected chi connectivity index (χ3v) is 3.03. The molecule has 96 valence electrons. The van der Waals surface area contributed by atoms with Crippen LogP contribution >= 0.6 is 11.6 Å². The first-order valence-electron chi connectivity index (χ1n) is 6.08. The van der Waals surface area contributed by atoms with Crippen molar-refractivity contribution < 1.29 is 9.47 Å². The summed E-state index contributed by atoms with van der Waals surface area (Å²) in [6.07, 6.45) is 5.81. The number of halogens is 1. The highest BCUT2D eigenvalue weighted by molar-refractivity contribution is 6.17. The molecule has 0 aromatic heterocycles. The van der Waals surface area contributed by atoms with E-state index in [4.69, 9.17) is 21.1 Å². The van der Waals surface area contributed by atoms with Gasteiger partial charge in [0, 0.05) is 11.9 Å². The van der Waals surface area contributed by atoms with Gasteiger partial charge in [-0.2, -0.15) is 0 Å². The van der Waals surface area contributed by atoms with Crippen LogP contribution < -0.4 is 9.47 Å². The maximum atomic E-state index is 5.64. The van der Waals surface area contributed by atoms with Gasteiger partial charge in [-0.15, -0.1) is 11.6 Å². The fourth-order valence-electron chi connectivity index (χ4n) is 1.79. The van der Waals surface area contributed by atoms with Gasteiger partial charge in [0.25, 0.3) is 0 Å². The van der Waals surface area contributed by atoms with Gasteiger partial charge in [0.15, 0.2) is 0 Å². The maximum Gasteiger partial charge on any atom is 0.122 e. The Balaban J connectivity index is 2.46. The summed E-state index contributed by atoms with van der Waals surface area (Å²) in [7, 11) is 3.36. The molecule has 0 fully saturated rings. The highest BCUT2D eigenvalue weighted by Crippen LogP contribution is 2.23. The first-order chi connectivity index (χ1) is 8.30. The molecule has 1 rings (SSSR count). The Morgan fingerprint density at radius 3 is 2.00 bits per heavy atom. The van der Waals surface area contributed by atoms with Gasteiger partial charge in [-0.25, -0.2) is 0 Å². The van der Waals surface area contributed by atoms with Gasteiger partial charge in [-0.1, -0.05) is 12.8 Å². The Labute approximate surface area is 109 Å². The second-order valence-corrected chi connectivity index (χ2v) is 4.45. The molecule has 0 bridgehead atoms. The Hall–Kier alpha value is -0.890. The fraction of sp³-hybridized carbons (Fsp3) is 0.571. The first-order valence-corrected chi connectivity index (χ1v) is 6.61. The molecular weight excluding hydrogens is 236 g/mol. The summed E-state index contributed by atoms with van der Waals surface area (Å²) in [6, 6.07) is 6.05. The highest BCUT2D eigenvalue weighted by Gasteiger charge is 2.01. The number of unbranched alkanes of at least 4 members (excludes halogenated alkanes) is 3. The molecule has 0 radical (unpaired) electrons. The van der Waals surface area contributed by atoms with Crippen LogP contribution in [0.1, 0.15) is 31.2 Å². The molecule has 1 aromatic rings. The summed E-state index contributed by atoms with van der Waals surface area (Å²) in [4.78, 5) is 0. The van der Waals surface area contributed by atoms with Crippen LogP contribution in [0.3, 0.4) is 0 Å². The zero-order valence-electron chi connectivity index (χ0n) is 10.7. The Morgan fingerprint density at radius 2 is 1.47 bits per heavy atom. The number of hydrogen-bond acceptors (Lipinski definition) is 2. The molecule has 2 nitrogen and oxygen atoms in total. The van der Waals surface area contributed by atoms with Crippen LogP contribution in [-0.2, 0) is 6.42 Å². The summed E-state index contributed by atoms with van der Waals surface area (Å²) in [5, 5.41) is 0. The van der Waals surface area contributed by atoms with Crippen LogP contribution in [0, 0.1) is 0 Å². The lowest BCUT2D eigenvalue weighted by Gasteiger charge is -2.08. The largest absolute Gasteiger partial charge is 0.497 e. The lowest BCUT2D eigenvalue weighted by atomic mass is 10.1. The average molecular weight is 257 g/mol. The SMILES string of the molecule is COc1cc(CCCCCCCl)cc(OC)c1. The van der Waals surface area contributed by atoms with E-state index in [-0.39, 0.29) is 0 Å². The summed E-state index contributed by atoms with van der Waals surface area (Å²) >= 11 is 5.64. The summed E-state index contributed by atoms with van der Waals surface area (Å²) in [5.41, 5.74) is 1.27. The van der Waals surface area contributed by atoms with E-state index in [9.17, 15) is 0 Å². The molecule has 17 heavy (non-hydrogen) atoms. The number of benzene rings is 1. The molecule has 0 saturated carbocycles. The van der Waals surface area contributed by atoms with E-state index >= 15 is 0 Å². The van der Waals surface area contributed by atoms with Crippen LogP contribution in [0.5, 0.6) is 11.5 Å². The van der Waals surface area contributed by atoms with Crippen LogP contribution in [0.15, 0.2) is 18.2 Å². The van der Waals surface area contributed by atoms with Gasteiger partial charge in [0.2, 0.25) is 0 Å². The van der Waals surface area contributed by atoms with E-state index in [0.29, 0.717) is 0 Å². The highest BCUT2D eigenvalue weighted by atomic mass is 35.5. The van der Waals surface area contributed by atoms with Crippen molar-refractivity contribution in [2.24, 2.45) is 0 Å². The molecule has 0 amide bonds. The topological polar surface area (TPSA) is 18.5 Å². The van der Waals surface area contributed by atoms with Crippen LogP contribution in [0.4, 0.5) is 0 Å². The van der Waals surface area contributed by atoms with Crippen LogP contribution in [0.2, 0.25) is 0 Å². The Bertz CT molecular complexity index is 304. The second-order valence-electron chi connectivity index (χ2n) is 4.07. The third kappa shape index (κ3) is 5.31. The van der Waals surface area contributed by atoms with Gasteiger partial charge in [-0.05, 0) is 37.0 Å². The van der Waals surface area contributed by atoms with E-state index in [2.05, 4.69) is 12.1 Å². The first kappa shape index (κ1) is 14.2. The van der Waals surface area contributed by atoms with Crippen molar-refractivity contribution in [2.75, 3.05) is 20.1 Å². The van der Waals surface area contributed by atoms with E-state index in [1.54, 1.807) is 14.2 Å². The van der Waals surface area contributed by atoms with Gasteiger partial charge in [0.1, 0.15) is 11.5 Å². The Morgan fingerprint density at radius 1 is 0.882 bits per heavy atom. The third-order valence-electron chi connectivity index (χ3n) is 2.76. The monoisotopic (exact) mass is 256 g/mol. The minimum absolute atomic E-state index is 0.771. The molecule has 0 aliphatic carbocycles. The average Bonchev–Trinajstić information content (AvgIpc) is 2.38. The zero-order chi connectivity index (χ0) is 12.5. The smallest absolute Gasteiger partial charge is 0.122 e. The molecule has 0 atom stereocenters. The van der Waals surface area contributed by atoms with Crippen molar-refractivity contribution in [3.05, 3.63) is 23.8 Å². The number of hydrogen-bond donors (Lipinski definition) is 0. The van der Waals surface area contributed by atoms with Crippen LogP contribution in [0.25, 0.3) is 0 Å². The maximum absolute atomic E-state index is 5.64. The fourth-order valence-corrected chi connectivity index (χ4v) is 1.98. The van der Waals surface area contributed by atoms with Crippen molar-refractivity contribution in [3.8, 4) is 11.5 Å². The number of rotatable bonds is 8. The number of methoxy groups -OCH3 is 2. The van der Waals surface area contributed by atoms with Crippen molar-refractivity contribution >= 4 is 11.6 Å². The molecule has 1 aromatic carbocycles. The van der Waals surface area contributed by atoms with E-state index in [1.807, 2.05) is 6.07 Å². The molecule has 0 aliphatic heterocycles. The zero-order valence-corrected chi connectivity index (χ0v) is 11.4. The summed E-state index contributed by atoms with van der Waals surface area (Å²) in [6.45, 7) is 0. The van der Waals surface area contributed by atoms with Crippen molar-refractivity contribution in [1.29, 1.82) is 0 Å². The summed E-state index contributed by atoms with van der Waals surface area (Å²) < 4.78 is 10.5. The standard InChI is InChI=1S/C14H21ClO2/c1-16-13-9-12(10-14(11-13)17-2)7-5-3-4-6-8-15/h9-11H,3-8H2,1-2H3. The van der Waals surface area contributed by atoms with E-state index < -0.39 is 0 Å². The number of ether oxygens (including phenoxy) is 2.